The van der Waals surface area contributed by atoms with Gasteiger partial charge in [0.25, 0.3) is 0 Å². The summed E-state index contributed by atoms with van der Waals surface area (Å²) in [6.45, 7) is 0. The molecule has 0 saturated carbocycles. The van der Waals surface area contributed by atoms with Crippen LogP contribution in [0.5, 0.6) is 0 Å². The summed E-state index contributed by atoms with van der Waals surface area (Å²) in [4.78, 5) is 8.98. The second kappa shape index (κ2) is 4.18. The molecule has 0 saturated heterocycles. The molecule has 0 aliphatic carbocycles. The van der Waals surface area contributed by atoms with E-state index in [4.69, 9.17) is 0 Å². The number of nitrogens with one attached hydrogen (secondary N) is 1. The monoisotopic (exact) mass is 242 g/mol. The van der Waals surface area contributed by atoms with Crippen LogP contribution in [-0.4, -0.2) is 26.4 Å². The lowest BCUT2D eigenvalue weighted by Crippen LogP contribution is -1.83. The summed E-state index contributed by atoms with van der Waals surface area (Å²) >= 11 is 1.71. The molecule has 0 unspecified atom stereocenters. The SMILES string of the molecule is CSc1ccccc1-c1nc2cnncc2[nH]1. The van der Waals surface area contributed by atoms with Gasteiger partial charge in [0.1, 0.15) is 11.3 Å². The molecule has 0 aliphatic rings. The summed E-state index contributed by atoms with van der Waals surface area (Å²) < 4.78 is 0. The first-order chi connectivity index (χ1) is 8.38. The van der Waals surface area contributed by atoms with E-state index >= 15 is 0 Å². The molecule has 0 bridgehead atoms. The van der Waals surface area contributed by atoms with Crippen LogP contribution in [0, 0.1) is 0 Å². The van der Waals surface area contributed by atoms with Crippen LogP contribution in [0.1, 0.15) is 0 Å². The lowest BCUT2D eigenvalue weighted by atomic mass is 10.2. The van der Waals surface area contributed by atoms with Crippen LogP contribution in [0.15, 0.2) is 41.6 Å². The molecule has 0 radical (unpaired) electrons. The van der Waals surface area contributed by atoms with Crippen molar-refractivity contribution in [3.05, 3.63) is 36.7 Å². The summed E-state index contributed by atoms with van der Waals surface area (Å²) in [7, 11) is 0. The van der Waals surface area contributed by atoms with Gasteiger partial charge in [0.2, 0.25) is 0 Å². The Labute approximate surface area is 102 Å². The van der Waals surface area contributed by atoms with Gasteiger partial charge in [-0.1, -0.05) is 18.2 Å². The Morgan fingerprint density at radius 2 is 1.94 bits per heavy atom. The van der Waals surface area contributed by atoms with E-state index in [-0.39, 0.29) is 0 Å². The van der Waals surface area contributed by atoms with Gasteiger partial charge in [0.15, 0.2) is 0 Å². The van der Waals surface area contributed by atoms with Crippen LogP contribution in [-0.2, 0) is 0 Å². The lowest BCUT2D eigenvalue weighted by molar-refractivity contribution is 1.05. The number of hydrogen-bond acceptors (Lipinski definition) is 4. The summed E-state index contributed by atoms with van der Waals surface area (Å²) in [6, 6.07) is 8.19. The molecule has 4 nitrogen and oxygen atoms in total. The standard InChI is InChI=1S/C12H10N4S/c1-17-11-5-3-2-4-8(11)12-15-9-6-13-14-7-10(9)16-12/h2-7H,1H3,(H,15,16). The van der Waals surface area contributed by atoms with Crippen molar-refractivity contribution in [2.75, 3.05) is 6.26 Å². The molecule has 0 atom stereocenters. The minimum Gasteiger partial charge on any atom is -0.337 e. The highest BCUT2D eigenvalue weighted by atomic mass is 32.2. The van der Waals surface area contributed by atoms with Crippen molar-refractivity contribution in [1.29, 1.82) is 0 Å². The molecule has 0 fully saturated rings. The van der Waals surface area contributed by atoms with Gasteiger partial charge in [-0.15, -0.1) is 11.8 Å². The van der Waals surface area contributed by atoms with Crippen molar-refractivity contribution in [2.45, 2.75) is 4.90 Å². The van der Waals surface area contributed by atoms with Gasteiger partial charge in [-0.2, -0.15) is 10.2 Å². The normalized spacial score (nSPS) is 10.9. The fourth-order valence-electron chi connectivity index (χ4n) is 1.74. The lowest BCUT2D eigenvalue weighted by Gasteiger charge is -2.02. The first-order valence-corrected chi connectivity index (χ1v) is 6.41. The van der Waals surface area contributed by atoms with Crippen molar-refractivity contribution in [3.8, 4) is 11.4 Å². The third-order valence-corrected chi connectivity index (χ3v) is 3.35. The van der Waals surface area contributed by atoms with Crippen LogP contribution in [0.3, 0.4) is 0 Å². The van der Waals surface area contributed by atoms with Crippen molar-refractivity contribution in [2.24, 2.45) is 0 Å². The maximum atomic E-state index is 4.52. The topological polar surface area (TPSA) is 54.5 Å². The number of benzene rings is 1. The molecule has 2 aromatic heterocycles. The molecule has 1 N–H and O–H groups in total. The minimum atomic E-state index is 0.839. The van der Waals surface area contributed by atoms with Crippen molar-refractivity contribution < 1.29 is 0 Å². The second-order valence-electron chi connectivity index (χ2n) is 3.57. The molecule has 0 amide bonds. The highest BCUT2D eigenvalue weighted by Gasteiger charge is 2.08. The number of imidazole rings is 1. The summed E-state index contributed by atoms with van der Waals surface area (Å²) in [5.41, 5.74) is 2.85. The maximum absolute atomic E-state index is 4.52. The molecular weight excluding hydrogens is 232 g/mol. The average molecular weight is 242 g/mol. The highest BCUT2D eigenvalue weighted by Crippen LogP contribution is 2.28. The molecule has 3 rings (SSSR count). The number of nitrogens with zero attached hydrogens (tertiary/aromatic N) is 3. The van der Waals surface area contributed by atoms with Gasteiger partial charge < -0.3 is 4.98 Å². The predicted molar refractivity (Wildman–Crippen MR) is 68.9 cm³/mol. The molecular formula is C12H10N4S. The van der Waals surface area contributed by atoms with E-state index in [1.54, 1.807) is 24.2 Å². The predicted octanol–water partition coefficient (Wildman–Crippen LogP) is 2.74. The van der Waals surface area contributed by atoms with Crippen molar-refractivity contribution in [1.82, 2.24) is 20.2 Å². The zero-order chi connectivity index (χ0) is 11.7. The zero-order valence-corrected chi connectivity index (χ0v) is 10.0. The number of H-pyrrole nitrogens is 1. The first-order valence-electron chi connectivity index (χ1n) is 5.18. The van der Waals surface area contributed by atoms with Crippen molar-refractivity contribution in [3.63, 3.8) is 0 Å². The number of hydrogen-bond donors (Lipinski definition) is 1. The maximum Gasteiger partial charge on any atom is 0.139 e. The highest BCUT2D eigenvalue weighted by molar-refractivity contribution is 7.98. The molecule has 84 valence electrons. The molecule has 5 heteroatoms. The van der Waals surface area contributed by atoms with E-state index in [1.165, 1.54) is 4.90 Å². The van der Waals surface area contributed by atoms with E-state index < -0.39 is 0 Å². The van der Waals surface area contributed by atoms with Gasteiger partial charge in [-0.05, 0) is 12.3 Å². The third kappa shape index (κ3) is 1.78. The average Bonchev–Trinajstić information content (AvgIpc) is 2.82. The minimum absolute atomic E-state index is 0.839. The number of fused-ring (bicyclic) bond motifs is 1. The van der Waals surface area contributed by atoms with E-state index in [2.05, 4.69) is 38.6 Å². The summed E-state index contributed by atoms with van der Waals surface area (Å²) in [5.74, 6) is 0.861. The van der Waals surface area contributed by atoms with Crippen LogP contribution < -0.4 is 0 Å². The van der Waals surface area contributed by atoms with Crippen LogP contribution in [0.25, 0.3) is 22.4 Å². The fourth-order valence-corrected chi connectivity index (χ4v) is 2.34. The Kier molecular flexibility index (Phi) is 2.53. The Morgan fingerprint density at radius 3 is 2.76 bits per heavy atom. The number of aromatic amines is 1. The Balaban J connectivity index is 2.20. The molecule has 2 heterocycles. The molecule has 1 aromatic carbocycles. The van der Waals surface area contributed by atoms with Gasteiger partial charge >= 0.3 is 0 Å². The molecule has 3 aromatic rings. The largest absolute Gasteiger partial charge is 0.337 e. The number of rotatable bonds is 2. The smallest absolute Gasteiger partial charge is 0.139 e. The number of thioether (sulfide) groups is 1. The fraction of sp³-hybridized carbons (Fsp3) is 0.0833. The molecule has 17 heavy (non-hydrogen) atoms. The summed E-state index contributed by atoms with van der Waals surface area (Å²) in [5, 5.41) is 7.66. The van der Waals surface area contributed by atoms with Crippen LogP contribution in [0.4, 0.5) is 0 Å². The van der Waals surface area contributed by atoms with Gasteiger partial charge in [0.05, 0.1) is 17.9 Å². The molecule has 0 aliphatic heterocycles. The number of aromatic nitrogens is 4. The first kappa shape index (κ1) is 10.3. The second-order valence-corrected chi connectivity index (χ2v) is 4.42. The Bertz CT molecular complexity index is 629. The quantitative estimate of drug-likeness (QED) is 0.702. The van der Waals surface area contributed by atoms with Crippen molar-refractivity contribution >= 4 is 22.8 Å². The van der Waals surface area contributed by atoms with Crippen LogP contribution in [0.2, 0.25) is 0 Å². The van der Waals surface area contributed by atoms with Gasteiger partial charge in [0, 0.05) is 10.5 Å². The van der Waals surface area contributed by atoms with Gasteiger partial charge in [-0.25, -0.2) is 4.98 Å². The van der Waals surface area contributed by atoms with E-state index in [0.29, 0.717) is 0 Å². The van der Waals surface area contributed by atoms with Crippen LogP contribution >= 0.6 is 11.8 Å². The Morgan fingerprint density at radius 1 is 1.12 bits per heavy atom. The zero-order valence-electron chi connectivity index (χ0n) is 9.21. The Hall–Kier alpha value is -1.88. The van der Waals surface area contributed by atoms with E-state index in [1.807, 2.05) is 12.1 Å². The molecule has 0 spiro atoms. The van der Waals surface area contributed by atoms with E-state index in [9.17, 15) is 0 Å². The summed E-state index contributed by atoms with van der Waals surface area (Å²) in [6.07, 6.45) is 5.41. The van der Waals surface area contributed by atoms with E-state index in [0.717, 1.165) is 22.4 Å². The van der Waals surface area contributed by atoms with Gasteiger partial charge in [-0.3, -0.25) is 0 Å². The third-order valence-electron chi connectivity index (χ3n) is 2.56.